The number of aromatic nitrogens is 2. The molecule has 2 aromatic carbocycles. The first-order valence-corrected chi connectivity index (χ1v) is 9.03. The standard InChI is InChI=1S/C20H22ClN3O/c21-16-8-7-9-17(14-16)25-13-6-2-1-5-12-22-20-18-10-3-4-11-19(18)23-15-24-20/h3-4,7-11,14-15H,1-2,5-6,12-13H2,(H,22,23,24). The van der Waals surface area contributed by atoms with E-state index < -0.39 is 0 Å². The molecule has 0 saturated carbocycles. The lowest BCUT2D eigenvalue weighted by molar-refractivity contribution is 0.305. The zero-order valence-corrected chi connectivity index (χ0v) is 14.9. The first-order chi connectivity index (χ1) is 12.3. The minimum Gasteiger partial charge on any atom is -0.494 e. The molecule has 1 heterocycles. The molecule has 0 bridgehead atoms. The van der Waals surface area contributed by atoms with Crippen molar-refractivity contribution in [1.82, 2.24) is 9.97 Å². The van der Waals surface area contributed by atoms with E-state index in [0.717, 1.165) is 61.3 Å². The maximum atomic E-state index is 5.93. The summed E-state index contributed by atoms with van der Waals surface area (Å²) < 4.78 is 5.69. The number of benzene rings is 2. The van der Waals surface area contributed by atoms with Crippen molar-refractivity contribution in [2.24, 2.45) is 0 Å². The van der Waals surface area contributed by atoms with Crippen LogP contribution in [0.25, 0.3) is 10.9 Å². The Balaban J connectivity index is 1.31. The Labute approximate surface area is 153 Å². The van der Waals surface area contributed by atoms with Crippen LogP contribution in [0.1, 0.15) is 25.7 Å². The molecule has 3 rings (SSSR count). The van der Waals surface area contributed by atoms with Gasteiger partial charge in [-0.1, -0.05) is 42.6 Å². The highest BCUT2D eigenvalue weighted by atomic mass is 35.5. The molecule has 1 aromatic heterocycles. The van der Waals surface area contributed by atoms with Gasteiger partial charge in [-0.15, -0.1) is 0 Å². The summed E-state index contributed by atoms with van der Waals surface area (Å²) in [7, 11) is 0. The molecule has 0 fully saturated rings. The van der Waals surface area contributed by atoms with Crippen molar-refractivity contribution >= 4 is 28.3 Å². The number of hydrogen-bond donors (Lipinski definition) is 1. The van der Waals surface area contributed by atoms with Gasteiger partial charge in [-0.05, 0) is 43.2 Å². The normalized spacial score (nSPS) is 10.8. The van der Waals surface area contributed by atoms with Crippen LogP contribution in [0.2, 0.25) is 5.02 Å². The number of hydrogen-bond acceptors (Lipinski definition) is 4. The Morgan fingerprint density at radius 3 is 2.72 bits per heavy atom. The van der Waals surface area contributed by atoms with Gasteiger partial charge in [0.1, 0.15) is 17.9 Å². The topological polar surface area (TPSA) is 47.0 Å². The van der Waals surface area contributed by atoms with Crippen molar-refractivity contribution in [1.29, 1.82) is 0 Å². The lowest BCUT2D eigenvalue weighted by atomic mass is 10.2. The molecule has 0 spiro atoms. The summed E-state index contributed by atoms with van der Waals surface area (Å²) in [5.41, 5.74) is 0.971. The Kier molecular flexibility index (Phi) is 6.46. The predicted molar refractivity (Wildman–Crippen MR) is 103 cm³/mol. The van der Waals surface area contributed by atoms with Crippen LogP contribution in [-0.4, -0.2) is 23.1 Å². The van der Waals surface area contributed by atoms with Crippen LogP contribution in [0.4, 0.5) is 5.82 Å². The highest BCUT2D eigenvalue weighted by molar-refractivity contribution is 6.30. The minimum absolute atomic E-state index is 0.709. The maximum Gasteiger partial charge on any atom is 0.137 e. The Bertz CT molecular complexity index is 804. The highest BCUT2D eigenvalue weighted by Gasteiger charge is 2.01. The van der Waals surface area contributed by atoms with Crippen molar-refractivity contribution in [2.45, 2.75) is 25.7 Å². The van der Waals surface area contributed by atoms with Gasteiger partial charge in [-0.2, -0.15) is 0 Å². The number of rotatable bonds is 9. The number of anilines is 1. The number of halogens is 1. The van der Waals surface area contributed by atoms with Crippen molar-refractivity contribution < 1.29 is 4.74 Å². The van der Waals surface area contributed by atoms with E-state index in [4.69, 9.17) is 16.3 Å². The van der Waals surface area contributed by atoms with E-state index in [2.05, 4.69) is 15.3 Å². The van der Waals surface area contributed by atoms with Crippen molar-refractivity contribution in [3.05, 3.63) is 59.9 Å². The number of nitrogens with one attached hydrogen (secondary N) is 1. The van der Waals surface area contributed by atoms with E-state index in [1.165, 1.54) is 0 Å². The van der Waals surface area contributed by atoms with Crippen molar-refractivity contribution in [3.8, 4) is 5.75 Å². The first kappa shape index (κ1) is 17.5. The molecule has 0 atom stereocenters. The van der Waals surface area contributed by atoms with Crippen LogP contribution in [0.3, 0.4) is 0 Å². The molecule has 0 aliphatic rings. The van der Waals surface area contributed by atoms with Gasteiger partial charge in [-0.25, -0.2) is 9.97 Å². The van der Waals surface area contributed by atoms with E-state index in [-0.39, 0.29) is 0 Å². The van der Waals surface area contributed by atoms with Crippen LogP contribution in [0, 0.1) is 0 Å². The first-order valence-electron chi connectivity index (χ1n) is 8.65. The number of nitrogens with zero attached hydrogens (tertiary/aromatic N) is 2. The van der Waals surface area contributed by atoms with Crippen molar-refractivity contribution in [2.75, 3.05) is 18.5 Å². The summed E-state index contributed by atoms with van der Waals surface area (Å²) in [4.78, 5) is 8.62. The molecule has 0 aliphatic carbocycles. The summed E-state index contributed by atoms with van der Waals surface area (Å²) in [5, 5.41) is 5.19. The maximum absolute atomic E-state index is 5.93. The van der Waals surface area contributed by atoms with Crippen LogP contribution in [0.15, 0.2) is 54.9 Å². The fraction of sp³-hybridized carbons (Fsp3) is 0.300. The summed E-state index contributed by atoms with van der Waals surface area (Å²) in [6.07, 6.45) is 6.07. The minimum atomic E-state index is 0.709. The summed E-state index contributed by atoms with van der Waals surface area (Å²) in [6, 6.07) is 15.6. The Morgan fingerprint density at radius 2 is 1.80 bits per heavy atom. The smallest absolute Gasteiger partial charge is 0.137 e. The molecule has 0 aliphatic heterocycles. The van der Waals surface area contributed by atoms with Crippen LogP contribution in [-0.2, 0) is 0 Å². The number of ether oxygens (including phenoxy) is 1. The fourth-order valence-electron chi connectivity index (χ4n) is 2.68. The molecule has 1 N–H and O–H groups in total. The second-order valence-corrected chi connectivity index (χ2v) is 6.32. The third kappa shape index (κ3) is 5.33. The quantitative estimate of drug-likeness (QED) is 0.526. The van der Waals surface area contributed by atoms with Gasteiger partial charge in [0, 0.05) is 17.0 Å². The highest BCUT2D eigenvalue weighted by Crippen LogP contribution is 2.19. The van der Waals surface area contributed by atoms with Crippen LogP contribution < -0.4 is 10.1 Å². The average Bonchev–Trinajstić information content (AvgIpc) is 2.64. The van der Waals surface area contributed by atoms with E-state index in [1.54, 1.807) is 6.33 Å². The Morgan fingerprint density at radius 1 is 0.920 bits per heavy atom. The van der Waals surface area contributed by atoms with Gasteiger partial charge in [0.2, 0.25) is 0 Å². The zero-order chi connectivity index (χ0) is 17.3. The molecule has 130 valence electrons. The van der Waals surface area contributed by atoms with E-state index in [1.807, 2.05) is 48.5 Å². The molecule has 3 aromatic rings. The molecule has 25 heavy (non-hydrogen) atoms. The van der Waals surface area contributed by atoms with Gasteiger partial charge in [-0.3, -0.25) is 0 Å². The summed E-state index contributed by atoms with van der Waals surface area (Å²) >= 11 is 5.93. The molecule has 0 radical (unpaired) electrons. The third-order valence-electron chi connectivity index (χ3n) is 3.97. The monoisotopic (exact) mass is 355 g/mol. The largest absolute Gasteiger partial charge is 0.494 e. The third-order valence-corrected chi connectivity index (χ3v) is 4.21. The number of fused-ring (bicyclic) bond motifs is 1. The van der Waals surface area contributed by atoms with E-state index >= 15 is 0 Å². The zero-order valence-electron chi connectivity index (χ0n) is 14.1. The second-order valence-electron chi connectivity index (χ2n) is 5.89. The summed E-state index contributed by atoms with van der Waals surface area (Å²) in [6.45, 7) is 1.64. The number of para-hydroxylation sites is 1. The lowest BCUT2D eigenvalue weighted by Gasteiger charge is -2.08. The molecule has 0 saturated heterocycles. The average molecular weight is 356 g/mol. The molecule has 0 unspecified atom stereocenters. The van der Waals surface area contributed by atoms with E-state index in [0.29, 0.717) is 5.02 Å². The molecular formula is C20H22ClN3O. The van der Waals surface area contributed by atoms with Gasteiger partial charge < -0.3 is 10.1 Å². The van der Waals surface area contributed by atoms with Gasteiger partial charge in [0.25, 0.3) is 0 Å². The molecule has 0 amide bonds. The van der Waals surface area contributed by atoms with Crippen LogP contribution in [0.5, 0.6) is 5.75 Å². The summed E-state index contributed by atoms with van der Waals surface area (Å²) in [5.74, 6) is 1.75. The van der Waals surface area contributed by atoms with Crippen LogP contribution >= 0.6 is 11.6 Å². The fourth-order valence-corrected chi connectivity index (χ4v) is 2.86. The van der Waals surface area contributed by atoms with Crippen molar-refractivity contribution in [3.63, 3.8) is 0 Å². The second kappa shape index (κ2) is 9.23. The molecule has 5 heteroatoms. The molecular weight excluding hydrogens is 334 g/mol. The molecule has 4 nitrogen and oxygen atoms in total. The number of unbranched alkanes of at least 4 members (excludes halogenated alkanes) is 3. The Hall–Kier alpha value is -2.33. The lowest BCUT2D eigenvalue weighted by Crippen LogP contribution is -2.04. The van der Waals surface area contributed by atoms with Gasteiger partial charge in [0.15, 0.2) is 0 Å². The predicted octanol–water partition coefficient (Wildman–Crippen LogP) is 5.33. The SMILES string of the molecule is Clc1cccc(OCCCCCCNc2ncnc3ccccc23)c1. The van der Waals surface area contributed by atoms with Gasteiger partial charge in [0.05, 0.1) is 12.1 Å². The van der Waals surface area contributed by atoms with Gasteiger partial charge >= 0.3 is 0 Å². The van der Waals surface area contributed by atoms with E-state index in [9.17, 15) is 0 Å².